The maximum Gasteiger partial charge on any atom is 0.248 e. The fourth-order valence-electron chi connectivity index (χ4n) is 1.30. The highest BCUT2D eigenvalue weighted by Crippen LogP contribution is 2.06. The molecule has 0 aromatic rings. The molecule has 0 atom stereocenters. The molecule has 18 heavy (non-hydrogen) atoms. The van der Waals surface area contributed by atoms with Crippen molar-refractivity contribution in [3.63, 3.8) is 0 Å². The van der Waals surface area contributed by atoms with Crippen LogP contribution in [0.15, 0.2) is 0 Å². The van der Waals surface area contributed by atoms with Crippen LogP contribution in [0.3, 0.4) is 0 Å². The number of rotatable bonds is 9. The van der Waals surface area contributed by atoms with Gasteiger partial charge in [0.25, 0.3) is 0 Å². The number of nitrogens with one attached hydrogen (secondary N) is 1. The Morgan fingerprint density at radius 1 is 1.33 bits per heavy atom. The lowest BCUT2D eigenvalue weighted by Crippen LogP contribution is -2.41. The van der Waals surface area contributed by atoms with E-state index in [-0.39, 0.29) is 18.1 Å². The number of nitrogens with zero attached hydrogens (tertiary/aromatic N) is 1. The molecular formula is C12H24N2O4. The number of hydrogen-bond donors (Lipinski definition) is 1. The lowest BCUT2D eigenvalue weighted by molar-refractivity contribution is -0.136. The molecule has 6 heteroatoms. The van der Waals surface area contributed by atoms with Gasteiger partial charge in [-0.1, -0.05) is 0 Å². The summed E-state index contributed by atoms with van der Waals surface area (Å²) in [4.78, 5) is 23.5. The quantitative estimate of drug-likeness (QED) is 0.469. The third-order valence-corrected chi connectivity index (χ3v) is 2.13. The summed E-state index contributed by atoms with van der Waals surface area (Å²) in [5, 5.41) is 2.53. The van der Waals surface area contributed by atoms with Gasteiger partial charge in [-0.2, -0.15) is 0 Å². The lowest BCUT2D eigenvalue weighted by atomic mass is 10.2. The molecule has 0 aliphatic heterocycles. The Hall–Kier alpha value is -1.14. The molecule has 0 rings (SSSR count). The molecule has 0 radical (unpaired) electrons. The molecule has 0 aromatic heterocycles. The summed E-state index contributed by atoms with van der Waals surface area (Å²) in [5.74, 6) is -0.109. The Balaban J connectivity index is 4.11. The normalized spacial score (nSPS) is 11.1. The first-order valence-corrected chi connectivity index (χ1v) is 5.98. The van der Waals surface area contributed by atoms with Crippen molar-refractivity contribution in [3.05, 3.63) is 0 Å². The van der Waals surface area contributed by atoms with E-state index in [0.29, 0.717) is 32.7 Å². The molecule has 0 unspecified atom stereocenters. The summed E-state index contributed by atoms with van der Waals surface area (Å²) in [5.41, 5.74) is -0.225. The molecule has 0 spiro atoms. The fourth-order valence-corrected chi connectivity index (χ4v) is 1.30. The van der Waals surface area contributed by atoms with Crippen molar-refractivity contribution in [3.8, 4) is 0 Å². The maximum atomic E-state index is 11.7. The zero-order valence-electron chi connectivity index (χ0n) is 11.7. The molecule has 0 bridgehead atoms. The van der Waals surface area contributed by atoms with Crippen LogP contribution in [0.25, 0.3) is 0 Å². The average molecular weight is 260 g/mol. The van der Waals surface area contributed by atoms with Crippen LogP contribution in [0.5, 0.6) is 0 Å². The monoisotopic (exact) mass is 260 g/mol. The van der Waals surface area contributed by atoms with Gasteiger partial charge in [-0.3, -0.25) is 9.59 Å². The first-order chi connectivity index (χ1) is 8.40. The van der Waals surface area contributed by atoms with Crippen molar-refractivity contribution in [2.75, 3.05) is 40.0 Å². The molecule has 106 valence electrons. The molecular weight excluding hydrogens is 236 g/mol. The average Bonchev–Trinajstić information content (AvgIpc) is 2.26. The number of carbonyl (C=O) groups excluding carboxylic acids is 2. The molecule has 0 aliphatic rings. The van der Waals surface area contributed by atoms with E-state index in [9.17, 15) is 9.59 Å². The Morgan fingerprint density at radius 2 is 2.00 bits per heavy atom. The number of hydrogen-bond acceptors (Lipinski definition) is 4. The Morgan fingerprint density at radius 3 is 2.50 bits per heavy atom. The summed E-state index contributed by atoms with van der Waals surface area (Å²) < 4.78 is 10.4. The minimum Gasteiger partial charge on any atom is -0.375 e. The van der Waals surface area contributed by atoms with Crippen LogP contribution in [0, 0.1) is 0 Å². The Labute approximate surface area is 109 Å². The van der Waals surface area contributed by atoms with Crippen molar-refractivity contribution >= 4 is 12.3 Å². The van der Waals surface area contributed by atoms with E-state index in [4.69, 9.17) is 9.47 Å². The minimum atomic E-state index is -0.225. The molecule has 0 heterocycles. The van der Waals surface area contributed by atoms with E-state index in [2.05, 4.69) is 5.32 Å². The predicted octanol–water partition coefficient (Wildman–Crippen LogP) is 0.0225. The van der Waals surface area contributed by atoms with Gasteiger partial charge in [-0.15, -0.1) is 0 Å². The van der Waals surface area contributed by atoms with Gasteiger partial charge in [0.1, 0.15) is 6.61 Å². The van der Waals surface area contributed by atoms with Gasteiger partial charge >= 0.3 is 0 Å². The van der Waals surface area contributed by atoms with Crippen molar-refractivity contribution in [2.45, 2.75) is 26.4 Å². The van der Waals surface area contributed by atoms with E-state index < -0.39 is 0 Å². The van der Waals surface area contributed by atoms with Gasteiger partial charge in [0.15, 0.2) is 0 Å². The zero-order chi connectivity index (χ0) is 14.0. The van der Waals surface area contributed by atoms with Gasteiger partial charge < -0.3 is 19.7 Å². The molecule has 1 N–H and O–H groups in total. The summed E-state index contributed by atoms with van der Waals surface area (Å²) in [6.45, 7) is 7.74. The van der Waals surface area contributed by atoms with E-state index in [0.717, 1.165) is 0 Å². The standard InChI is InChI=1S/C12H24N2O4/c1-12(2,3)18-8-7-14(6-5-13-10-15)11(16)9-17-4/h10H,5-9H2,1-4H3,(H,13,15). The summed E-state index contributed by atoms with van der Waals surface area (Å²) in [6.07, 6.45) is 0.616. The summed E-state index contributed by atoms with van der Waals surface area (Å²) >= 11 is 0. The fraction of sp³-hybridized carbons (Fsp3) is 0.833. The topological polar surface area (TPSA) is 67.9 Å². The van der Waals surface area contributed by atoms with E-state index in [1.807, 2.05) is 20.8 Å². The molecule has 0 aromatic carbocycles. The van der Waals surface area contributed by atoms with Crippen LogP contribution in [0.1, 0.15) is 20.8 Å². The van der Waals surface area contributed by atoms with Crippen molar-refractivity contribution < 1.29 is 19.1 Å². The van der Waals surface area contributed by atoms with E-state index in [1.165, 1.54) is 7.11 Å². The van der Waals surface area contributed by atoms with Crippen molar-refractivity contribution in [2.24, 2.45) is 0 Å². The number of methoxy groups -OCH3 is 1. The molecule has 2 amide bonds. The molecule has 0 fully saturated rings. The third kappa shape index (κ3) is 8.95. The second-order valence-electron chi connectivity index (χ2n) is 4.85. The summed E-state index contributed by atoms with van der Waals surface area (Å²) in [6, 6.07) is 0. The van der Waals surface area contributed by atoms with Gasteiger partial charge in [-0.25, -0.2) is 0 Å². The van der Waals surface area contributed by atoms with E-state index in [1.54, 1.807) is 4.90 Å². The minimum absolute atomic E-state index is 0.0383. The molecule has 0 aliphatic carbocycles. The first-order valence-electron chi connectivity index (χ1n) is 5.98. The number of carbonyl (C=O) groups is 2. The van der Waals surface area contributed by atoms with Crippen molar-refractivity contribution in [1.29, 1.82) is 0 Å². The van der Waals surface area contributed by atoms with Crippen LogP contribution >= 0.6 is 0 Å². The Kier molecular flexibility index (Phi) is 8.32. The van der Waals surface area contributed by atoms with Gasteiger partial charge in [-0.05, 0) is 20.8 Å². The lowest BCUT2D eigenvalue weighted by Gasteiger charge is -2.25. The SMILES string of the molecule is COCC(=O)N(CCNC=O)CCOC(C)(C)C. The summed E-state index contributed by atoms with van der Waals surface area (Å²) in [7, 11) is 1.48. The van der Waals surface area contributed by atoms with Crippen molar-refractivity contribution in [1.82, 2.24) is 10.2 Å². The first kappa shape index (κ1) is 16.9. The maximum absolute atomic E-state index is 11.7. The third-order valence-electron chi connectivity index (χ3n) is 2.13. The smallest absolute Gasteiger partial charge is 0.248 e. The highest BCUT2D eigenvalue weighted by atomic mass is 16.5. The highest BCUT2D eigenvalue weighted by molar-refractivity contribution is 5.77. The number of amides is 2. The van der Waals surface area contributed by atoms with Crippen LogP contribution in [-0.4, -0.2) is 62.8 Å². The van der Waals surface area contributed by atoms with Crippen LogP contribution in [-0.2, 0) is 19.1 Å². The molecule has 0 saturated carbocycles. The van der Waals surface area contributed by atoms with Gasteiger partial charge in [0.2, 0.25) is 12.3 Å². The molecule has 0 saturated heterocycles. The van der Waals surface area contributed by atoms with Crippen LogP contribution in [0.2, 0.25) is 0 Å². The zero-order valence-corrected chi connectivity index (χ0v) is 11.7. The Bertz CT molecular complexity index is 251. The van der Waals surface area contributed by atoms with Crippen LogP contribution < -0.4 is 5.32 Å². The highest BCUT2D eigenvalue weighted by Gasteiger charge is 2.15. The second-order valence-corrected chi connectivity index (χ2v) is 4.85. The largest absolute Gasteiger partial charge is 0.375 e. The van der Waals surface area contributed by atoms with Gasteiger partial charge in [0.05, 0.1) is 12.2 Å². The number of ether oxygens (including phenoxy) is 2. The van der Waals surface area contributed by atoms with Crippen LogP contribution in [0.4, 0.5) is 0 Å². The molecule has 6 nitrogen and oxygen atoms in total. The predicted molar refractivity (Wildman–Crippen MR) is 68.2 cm³/mol. The van der Waals surface area contributed by atoms with E-state index >= 15 is 0 Å². The second kappa shape index (κ2) is 8.88. The van der Waals surface area contributed by atoms with Gasteiger partial charge in [0, 0.05) is 26.7 Å².